The van der Waals surface area contributed by atoms with Crippen molar-refractivity contribution in [3.05, 3.63) is 23.4 Å². The van der Waals surface area contributed by atoms with E-state index in [1.165, 1.54) is 5.56 Å². The Morgan fingerprint density at radius 2 is 2.17 bits per heavy atom. The van der Waals surface area contributed by atoms with Gasteiger partial charge in [0, 0.05) is 6.20 Å². The molecule has 0 fully saturated rings. The molecule has 0 bridgehead atoms. The third-order valence-corrected chi connectivity index (χ3v) is 1.82. The highest BCUT2D eigenvalue weighted by Gasteiger charge is 2.00. The van der Waals surface area contributed by atoms with Crippen LogP contribution in [-0.2, 0) is 6.42 Å². The van der Waals surface area contributed by atoms with Crippen LogP contribution < -0.4 is 5.73 Å². The molecule has 0 aliphatic heterocycles. The van der Waals surface area contributed by atoms with E-state index in [0.717, 1.165) is 12.0 Å². The van der Waals surface area contributed by atoms with E-state index in [1.54, 1.807) is 0 Å². The molecule has 0 aliphatic rings. The maximum atomic E-state index is 5.61. The Morgan fingerprint density at radius 1 is 1.50 bits per heavy atom. The lowest BCUT2D eigenvalue weighted by molar-refractivity contribution is 0.645. The van der Waals surface area contributed by atoms with Gasteiger partial charge in [-0.15, -0.1) is 0 Å². The first-order valence-corrected chi connectivity index (χ1v) is 4.30. The lowest BCUT2D eigenvalue weighted by atomic mass is 10.0. The number of pyridine rings is 1. The average Bonchev–Trinajstić information content (AvgIpc) is 1.96. The Kier molecular flexibility index (Phi) is 2.69. The largest absolute Gasteiger partial charge is 0.383 e. The van der Waals surface area contributed by atoms with E-state index in [9.17, 15) is 0 Å². The van der Waals surface area contributed by atoms with E-state index in [2.05, 4.69) is 24.9 Å². The fraction of sp³-hybridized carbons (Fsp3) is 0.500. The Morgan fingerprint density at radius 3 is 2.67 bits per heavy atom. The monoisotopic (exact) mass is 164 g/mol. The van der Waals surface area contributed by atoms with Crippen molar-refractivity contribution in [1.82, 2.24) is 4.98 Å². The third-order valence-electron chi connectivity index (χ3n) is 1.82. The molecule has 2 heteroatoms. The number of aryl methyl sites for hydroxylation is 1. The number of rotatable bonds is 2. The van der Waals surface area contributed by atoms with Gasteiger partial charge in [0.15, 0.2) is 0 Å². The zero-order chi connectivity index (χ0) is 9.14. The van der Waals surface area contributed by atoms with Crippen molar-refractivity contribution in [2.45, 2.75) is 27.2 Å². The minimum Gasteiger partial charge on any atom is -0.383 e. The van der Waals surface area contributed by atoms with Crippen molar-refractivity contribution >= 4 is 5.82 Å². The van der Waals surface area contributed by atoms with Gasteiger partial charge in [-0.25, -0.2) is 4.98 Å². The summed E-state index contributed by atoms with van der Waals surface area (Å²) < 4.78 is 0. The highest BCUT2D eigenvalue weighted by atomic mass is 14.8. The molecule has 12 heavy (non-hydrogen) atoms. The molecule has 0 saturated carbocycles. The zero-order valence-corrected chi connectivity index (χ0v) is 7.96. The van der Waals surface area contributed by atoms with Crippen LogP contribution in [0.15, 0.2) is 12.3 Å². The van der Waals surface area contributed by atoms with Crippen LogP contribution in [-0.4, -0.2) is 4.98 Å². The molecule has 0 spiro atoms. The van der Waals surface area contributed by atoms with Gasteiger partial charge in [-0.2, -0.15) is 0 Å². The summed E-state index contributed by atoms with van der Waals surface area (Å²) in [7, 11) is 0. The van der Waals surface area contributed by atoms with Gasteiger partial charge in [0.1, 0.15) is 5.82 Å². The van der Waals surface area contributed by atoms with E-state index < -0.39 is 0 Å². The molecular formula is C10H16N2. The fourth-order valence-corrected chi connectivity index (χ4v) is 1.23. The maximum absolute atomic E-state index is 5.61. The molecule has 0 atom stereocenters. The molecule has 1 aromatic heterocycles. The fourth-order valence-electron chi connectivity index (χ4n) is 1.23. The van der Waals surface area contributed by atoms with Crippen LogP contribution in [0, 0.1) is 12.8 Å². The number of nitrogen functional groups attached to an aromatic ring is 1. The van der Waals surface area contributed by atoms with Gasteiger partial charge in [0.25, 0.3) is 0 Å². The maximum Gasteiger partial charge on any atom is 0.126 e. The van der Waals surface area contributed by atoms with E-state index in [0.29, 0.717) is 11.7 Å². The predicted octanol–water partition coefficient (Wildman–Crippen LogP) is 2.17. The normalized spacial score (nSPS) is 10.7. The number of aromatic nitrogens is 1. The first-order valence-electron chi connectivity index (χ1n) is 4.30. The van der Waals surface area contributed by atoms with Crippen molar-refractivity contribution in [3.63, 3.8) is 0 Å². The Bertz CT molecular complexity index is 267. The smallest absolute Gasteiger partial charge is 0.126 e. The first-order chi connectivity index (χ1) is 5.59. The minimum absolute atomic E-state index is 0.641. The minimum atomic E-state index is 0.641. The van der Waals surface area contributed by atoms with Gasteiger partial charge < -0.3 is 5.73 Å². The van der Waals surface area contributed by atoms with E-state index in [1.807, 2.05) is 13.1 Å². The number of hydrogen-bond acceptors (Lipinski definition) is 2. The number of nitrogens with zero attached hydrogens (tertiary/aromatic N) is 1. The van der Waals surface area contributed by atoms with Crippen LogP contribution in [0.4, 0.5) is 5.82 Å². The van der Waals surface area contributed by atoms with Crippen molar-refractivity contribution in [2.24, 2.45) is 5.92 Å². The van der Waals surface area contributed by atoms with E-state index in [4.69, 9.17) is 5.73 Å². The van der Waals surface area contributed by atoms with Gasteiger partial charge in [0.05, 0.1) is 0 Å². The lowest BCUT2D eigenvalue weighted by Gasteiger charge is -2.06. The molecule has 0 radical (unpaired) electrons. The highest BCUT2D eigenvalue weighted by molar-refractivity contribution is 5.39. The van der Waals surface area contributed by atoms with Crippen LogP contribution in [0.1, 0.15) is 25.0 Å². The van der Waals surface area contributed by atoms with Gasteiger partial charge in [0.2, 0.25) is 0 Å². The number of anilines is 1. The van der Waals surface area contributed by atoms with Gasteiger partial charge in [-0.05, 0) is 30.4 Å². The summed E-state index contributed by atoms with van der Waals surface area (Å²) >= 11 is 0. The van der Waals surface area contributed by atoms with Gasteiger partial charge in [-0.3, -0.25) is 0 Å². The Balaban J connectivity index is 2.82. The molecule has 2 N–H and O–H groups in total. The molecule has 0 saturated heterocycles. The van der Waals surface area contributed by atoms with Crippen LogP contribution in [0.2, 0.25) is 0 Å². The highest BCUT2D eigenvalue weighted by Crippen LogP contribution is 2.12. The van der Waals surface area contributed by atoms with Gasteiger partial charge >= 0.3 is 0 Å². The molecular weight excluding hydrogens is 148 g/mol. The molecule has 0 aromatic carbocycles. The Hall–Kier alpha value is -1.05. The number of nitrogens with two attached hydrogens (primary N) is 1. The van der Waals surface area contributed by atoms with Crippen molar-refractivity contribution < 1.29 is 0 Å². The van der Waals surface area contributed by atoms with Gasteiger partial charge in [-0.1, -0.05) is 19.9 Å². The van der Waals surface area contributed by atoms with Crippen LogP contribution in [0.25, 0.3) is 0 Å². The standard InChI is InChI=1S/C10H16N2/c1-7(2)4-9-5-8(3)10(11)12-6-9/h5-7H,4H2,1-3H3,(H2,11,12). The van der Waals surface area contributed by atoms with Crippen molar-refractivity contribution in [2.75, 3.05) is 5.73 Å². The zero-order valence-electron chi connectivity index (χ0n) is 7.96. The second kappa shape index (κ2) is 3.57. The molecule has 0 unspecified atom stereocenters. The summed E-state index contributed by atoms with van der Waals surface area (Å²) in [5.41, 5.74) is 7.96. The molecule has 0 aliphatic carbocycles. The first kappa shape index (κ1) is 9.04. The Labute approximate surface area is 73.8 Å². The molecule has 1 aromatic rings. The molecule has 2 nitrogen and oxygen atoms in total. The summed E-state index contributed by atoms with van der Waals surface area (Å²) in [5, 5.41) is 0. The summed E-state index contributed by atoms with van der Waals surface area (Å²) in [4.78, 5) is 4.11. The predicted molar refractivity (Wildman–Crippen MR) is 51.9 cm³/mol. The van der Waals surface area contributed by atoms with Crippen LogP contribution in [0.5, 0.6) is 0 Å². The molecule has 1 heterocycles. The molecule has 66 valence electrons. The summed E-state index contributed by atoms with van der Waals surface area (Å²) in [6, 6.07) is 2.11. The van der Waals surface area contributed by atoms with Crippen LogP contribution >= 0.6 is 0 Å². The van der Waals surface area contributed by atoms with E-state index in [-0.39, 0.29) is 0 Å². The second-order valence-corrected chi connectivity index (χ2v) is 3.64. The SMILES string of the molecule is Cc1cc(CC(C)C)cnc1N. The van der Waals surface area contributed by atoms with E-state index >= 15 is 0 Å². The average molecular weight is 164 g/mol. The topological polar surface area (TPSA) is 38.9 Å². The third kappa shape index (κ3) is 2.22. The summed E-state index contributed by atoms with van der Waals surface area (Å²) in [6.45, 7) is 6.39. The lowest BCUT2D eigenvalue weighted by Crippen LogP contribution is -1.99. The summed E-state index contributed by atoms with van der Waals surface area (Å²) in [6.07, 6.45) is 2.94. The van der Waals surface area contributed by atoms with Crippen LogP contribution in [0.3, 0.4) is 0 Å². The molecule has 0 amide bonds. The van der Waals surface area contributed by atoms with Crippen molar-refractivity contribution in [3.8, 4) is 0 Å². The second-order valence-electron chi connectivity index (χ2n) is 3.64. The summed E-state index contributed by atoms with van der Waals surface area (Å²) in [5.74, 6) is 1.32. The quantitative estimate of drug-likeness (QED) is 0.727. The van der Waals surface area contributed by atoms with Crippen molar-refractivity contribution in [1.29, 1.82) is 0 Å². The number of hydrogen-bond donors (Lipinski definition) is 1. The molecule has 1 rings (SSSR count).